The van der Waals surface area contributed by atoms with E-state index in [-0.39, 0.29) is 13.2 Å². The van der Waals surface area contributed by atoms with Crippen LogP contribution in [0, 0.1) is 11.8 Å². The van der Waals surface area contributed by atoms with Crippen LogP contribution >= 0.6 is 0 Å². The average Bonchev–Trinajstić information content (AvgIpc) is 3.07. The van der Waals surface area contributed by atoms with Crippen molar-refractivity contribution in [2.75, 3.05) is 26.3 Å². The van der Waals surface area contributed by atoms with Gasteiger partial charge in [0.05, 0.1) is 11.5 Å². The van der Waals surface area contributed by atoms with Crippen molar-refractivity contribution >= 4 is 10.0 Å². The summed E-state index contributed by atoms with van der Waals surface area (Å²) >= 11 is 0. The molecule has 1 N–H and O–H groups in total. The van der Waals surface area contributed by atoms with Gasteiger partial charge in [0.2, 0.25) is 10.0 Å². The minimum absolute atomic E-state index is 0.0589. The predicted molar refractivity (Wildman–Crippen MR) is 78.6 cm³/mol. The van der Waals surface area contributed by atoms with E-state index in [1.807, 2.05) is 0 Å². The number of fused-ring (bicyclic) bond motifs is 1. The zero-order chi connectivity index (χ0) is 14.9. The van der Waals surface area contributed by atoms with Gasteiger partial charge in [-0.25, -0.2) is 8.42 Å². The Kier molecular flexibility index (Phi) is 4.19. The van der Waals surface area contributed by atoms with Crippen molar-refractivity contribution in [1.82, 2.24) is 4.31 Å². The summed E-state index contributed by atoms with van der Waals surface area (Å²) in [6, 6.07) is 6.44. The van der Waals surface area contributed by atoms with Crippen molar-refractivity contribution in [3.05, 3.63) is 24.3 Å². The summed E-state index contributed by atoms with van der Waals surface area (Å²) in [7, 11) is -3.39. The number of rotatable bonds is 5. The second kappa shape index (κ2) is 5.94. The minimum atomic E-state index is -3.39. The average molecular weight is 311 g/mol. The lowest BCUT2D eigenvalue weighted by Gasteiger charge is -2.17. The summed E-state index contributed by atoms with van der Waals surface area (Å²) in [6.07, 6.45) is 3.55. The summed E-state index contributed by atoms with van der Waals surface area (Å²) in [5.41, 5.74) is 0. The van der Waals surface area contributed by atoms with Gasteiger partial charge in [-0.1, -0.05) is 6.42 Å². The second-order valence-corrected chi connectivity index (χ2v) is 7.75. The predicted octanol–water partition coefficient (Wildman–Crippen LogP) is 1.48. The quantitative estimate of drug-likeness (QED) is 0.894. The maximum Gasteiger partial charge on any atom is 0.243 e. The van der Waals surface area contributed by atoms with Crippen LogP contribution in [0.2, 0.25) is 0 Å². The first kappa shape index (κ1) is 14.8. The molecule has 0 bridgehead atoms. The SMILES string of the molecule is O=S(=O)(c1ccc(OCCO)cc1)N1CC2CCCC2C1. The molecule has 1 aromatic rings. The molecule has 2 fully saturated rings. The van der Waals surface area contributed by atoms with Gasteiger partial charge in [-0.3, -0.25) is 0 Å². The van der Waals surface area contributed by atoms with Gasteiger partial charge in [0, 0.05) is 13.1 Å². The van der Waals surface area contributed by atoms with Gasteiger partial charge in [-0.15, -0.1) is 0 Å². The van der Waals surface area contributed by atoms with E-state index in [4.69, 9.17) is 9.84 Å². The van der Waals surface area contributed by atoms with E-state index < -0.39 is 10.0 Å². The lowest BCUT2D eigenvalue weighted by Crippen LogP contribution is -2.29. The highest BCUT2D eigenvalue weighted by Crippen LogP contribution is 2.39. The van der Waals surface area contributed by atoms with Crippen molar-refractivity contribution < 1.29 is 18.3 Å². The van der Waals surface area contributed by atoms with Gasteiger partial charge in [0.25, 0.3) is 0 Å². The van der Waals surface area contributed by atoms with Crippen LogP contribution < -0.4 is 4.74 Å². The molecule has 2 atom stereocenters. The highest BCUT2D eigenvalue weighted by Gasteiger charge is 2.41. The third kappa shape index (κ3) is 2.93. The molecule has 1 aliphatic heterocycles. The lowest BCUT2D eigenvalue weighted by molar-refractivity contribution is 0.201. The molecule has 5 nitrogen and oxygen atoms in total. The largest absolute Gasteiger partial charge is 0.491 e. The zero-order valence-corrected chi connectivity index (χ0v) is 12.8. The van der Waals surface area contributed by atoms with Crippen molar-refractivity contribution in [3.8, 4) is 5.75 Å². The van der Waals surface area contributed by atoms with Crippen LogP contribution in [0.15, 0.2) is 29.2 Å². The fourth-order valence-electron chi connectivity index (χ4n) is 3.41. The molecule has 0 spiro atoms. The smallest absolute Gasteiger partial charge is 0.243 e. The van der Waals surface area contributed by atoms with Crippen LogP contribution in [0.4, 0.5) is 0 Å². The second-order valence-electron chi connectivity index (χ2n) is 5.82. The first-order valence-corrected chi connectivity index (χ1v) is 8.89. The summed E-state index contributed by atoms with van der Waals surface area (Å²) in [5, 5.41) is 8.71. The van der Waals surface area contributed by atoms with E-state index >= 15 is 0 Å². The van der Waals surface area contributed by atoms with Gasteiger partial charge in [-0.05, 0) is 48.9 Å². The summed E-state index contributed by atoms with van der Waals surface area (Å²) in [5.74, 6) is 1.67. The van der Waals surface area contributed by atoms with Crippen LogP contribution in [-0.4, -0.2) is 44.1 Å². The number of aliphatic hydroxyl groups excluding tert-OH is 1. The Bertz CT molecular complexity index is 572. The molecule has 1 aromatic carbocycles. The summed E-state index contributed by atoms with van der Waals surface area (Å²) < 4.78 is 32.2. The van der Waals surface area contributed by atoms with E-state index in [2.05, 4.69) is 0 Å². The van der Waals surface area contributed by atoms with Crippen molar-refractivity contribution in [2.24, 2.45) is 11.8 Å². The van der Waals surface area contributed by atoms with Gasteiger partial charge < -0.3 is 9.84 Å². The Balaban J connectivity index is 1.73. The number of hydrogen-bond acceptors (Lipinski definition) is 4. The number of ether oxygens (including phenoxy) is 1. The molecule has 21 heavy (non-hydrogen) atoms. The Morgan fingerprint density at radius 3 is 2.33 bits per heavy atom. The van der Waals surface area contributed by atoms with Crippen LogP contribution in [0.3, 0.4) is 0 Å². The third-order valence-corrected chi connectivity index (χ3v) is 6.36. The molecule has 1 heterocycles. The van der Waals surface area contributed by atoms with E-state index in [0.717, 1.165) is 12.8 Å². The highest BCUT2D eigenvalue weighted by atomic mass is 32.2. The number of sulfonamides is 1. The first-order chi connectivity index (χ1) is 10.1. The monoisotopic (exact) mass is 311 g/mol. The number of benzene rings is 1. The molecule has 6 heteroatoms. The lowest BCUT2D eigenvalue weighted by atomic mass is 10.0. The van der Waals surface area contributed by atoms with Crippen LogP contribution in [0.5, 0.6) is 5.75 Å². The molecule has 0 radical (unpaired) electrons. The summed E-state index contributed by atoms with van der Waals surface area (Å²) in [6.45, 7) is 1.48. The Labute approximate surface area is 125 Å². The molecule has 0 aromatic heterocycles. The maximum absolute atomic E-state index is 12.6. The van der Waals surface area contributed by atoms with Crippen LogP contribution in [0.1, 0.15) is 19.3 Å². The third-order valence-electron chi connectivity index (χ3n) is 4.51. The van der Waals surface area contributed by atoms with Crippen molar-refractivity contribution in [2.45, 2.75) is 24.2 Å². The molecule has 0 amide bonds. The molecule has 1 saturated carbocycles. The van der Waals surface area contributed by atoms with E-state index in [1.54, 1.807) is 28.6 Å². The summed E-state index contributed by atoms with van der Waals surface area (Å²) in [4.78, 5) is 0.318. The maximum atomic E-state index is 12.6. The minimum Gasteiger partial charge on any atom is -0.491 e. The van der Waals surface area contributed by atoms with Crippen LogP contribution in [0.25, 0.3) is 0 Å². The van der Waals surface area contributed by atoms with E-state index in [1.165, 1.54) is 6.42 Å². The number of hydrogen-bond donors (Lipinski definition) is 1. The van der Waals surface area contributed by atoms with Gasteiger partial charge in [0.15, 0.2) is 0 Å². The molecule has 2 aliphatic rings. The van der Waals surface area contributed by atoms with E-state index in [9.17, 15) is 8.42 Å². The molecule has 1 aliphatic carbocycles. The molecular formula is C15H21NO4S. The Morgan fingerprint density at radius 2 is 1.76 bits per heavy atom. The fraction of sp³-hybridized carbons (Fsp3) is 0.600. The topological polar surface area (TPSA) is 66.8 Å². The normalized spacial score (nSPS) is 26.0. The number of nitrogens with zero attached hydrogens (tertiary/aromatic N) is 1. The number of aliphatic hydroxyl groups is 1. The Hall–Kier alpha value is -1.11. The van der Waals surface area contributed by atoms with Gasteiger partial charge in [0.1, 0.15) is 12.4 Å². The molecular weight excluding hydrogens is 290 g/mol. The van der Waals surface area contributed by atoms with Crippen LogP contribution in [-0.2, 0) is 10.0 Å². The molecule has 2 unspecified atom stereocenters. The Morgan fingerprint density at radius 1 is 1.14 bits per heavy atom. The molecule has 3 rings (SSSR count). The molecule has 1 saturated heterocycles. The first-order valence-electron chi connectivity index (χ1n) is 7.45. The standard InChI is InChI=1S/C15H21NO4S/c17-8-9-20-14-4-6-15(7-5-14)21(18,19)16-10-12-2-1-3-13(12)11-16/h4-7,12-13,17H,1-3,8-11H2. The highest BCUT2D eigenvalue weighted by molar-refractivity contribution is 7.89. The van der Waals surface area contributed by atoms with Crippen molar-refractivity contribution in [3.63, 3.8) is 0 Å². The van der Waals surface area contributed by atoms with Gasteiger partial charge in [-0.2, -0.15) is 4.31 Å². The van der Waals surface area contributed by atoms with Gasteiger partial charge >= 0.3 is 0 Å². The molecule has 116 valence electrons. The fourth-order valence-corrected chi connectivity index (χ4v) is 4.96. The zero-order valence-electron chi connectivity index (χ0n) is 11.9. The van der Waals surface area contributed by atoms with Crippen molar-refractivity contribution in [1.29, 1.82) is 0 Å². The van der Waals surface area contributed by atoms with E-state index in [0.29, 0.717) is 35.6 Å².